The van der Waals surface area contributed by atoms with E-state index < -0.39 is 10.0 Å². The number of hydrogen-bond acceptors (Lipinski definition) is 5. The van der Waals surface area contributed by atoms with Crippen LogP contribution < -0.4 is 4.72 Å². The molecule has 156 valence electrons. The molecule has 0 saturated carbocycles. The Kier molecular flexibility index (Phi) is 4.36. The first-order valence-electron chi connectivity index (χ1n) is 9.46. The highest BCUT2D eigenvalue weighted by molar-refractivity contribution is 7.92. The van der Waals surface area contributed by atoms with Crippen molar-refractivity contribution in [2.45, 2.75) is 0 Å². The number of sulfonamides is 1. The molecule has 9 nitrogen and oxygen atoms in total. The van der Waals surface area contributed by atoms with Crippen molar-refractivity contribution in [2.75, 3.05) is 11.0 Å². The predicted octanol–water partition coefficient (Wildman–Crippen LogP) is 2.98. The highest BCUT2D eigenvalue weighted by Crippen LogP contribution is 2.27. The van der Waals surface area contributed by atoms with Crippen LogP contribution in [0.2, 0.25) is 0 Å². The van der Waals surface area contributed by atoms with E-state index in [0.717, 1.165) is 39.9 Å². The second-order valence-electron chi connectivity index (χ2n) is 7.30. The standard InChI is InChI=1S/C21H19N7O2S/c1-26-13-20(23-25-26)15-5-6-21-19(9-15)22-14-28(21)18-11-16(24-31(2,29)30)10-17(12-18)27-7-3-4-8-27/h3-14,24H,1-2H3. The van der Waals surface area contributed by atoms with E-state index in [2.05, 4.69) is 20.0 Å². The third-order valence-corrected chi connectivity index (χ3v) is 5.44. The maximum atomic E-state index is 11.8. The third-order valence-electron chi connectivity index (χ3n) is 4.83. The number of imidazole rings is 1. The van der Waals surface area contributed by atoms with Crippen LogP contribution in [0.25, 0.3) is 33.7 Å². The molecular weight excluding hydrogens is 414 g/mol. The van der Waals surface area contributed by atoms with Gasteiger partial charge in [-0.3, -0.25) is 14.0 Å². The number of aryl methyl sites for hydroxylation is 1. The molecule has 0 aliphatic heterocycles. The Bertz CT molecular complexity index is 1500. The van der Waals surface area contributed by atoms with Gasteiger partial charge in [-0.1, -0.05) is 11.3 Å². The zero-order valence-corrected chi connectivity index (χ0v) is 17.7. The Balaban J connectivity index is 1.63. The van der Waals surface area contributed by atoms with Gasteiger partial charge in [-0.15, -0.1) is 5.10 Å². The van der Waals surface area contributed by atoms with Gasteiger partial charge in [0.2, 0.25) is 10.0 Å². The van der Waals surface area contributed by atoms with Crippen molar-refractivity contribution >= 4 is 26.7 Å². The smallest absolute Gasteiger partial charge is 0.229 e. The number of nitrogens with one attached hydrogen (secondary N) is 1. The quantitative estimate of drug-likeness (QED) is 0.459. The fourth-order valence-corrected chi connectivity index (χ4v) is 4.07. The average molecular weight is 433 g/mol. The maximum absolute atomic E-state index is 11.8. The summed E-state index contributed by atoms with van der Waals surface area (Å²) < 4.78 is 31.7. The highest BCUT2D eigenvalue weighted by Gasteiger charge is 2.12. The highest BCUT2D eigenvalue weighted by atomic mass is 32.2. The molecule has 3 heterocycles. The summed E-state index contributed by atoms with van der Waals surface area (Å²) in [5.41, 5.74) is 5.47. The largest absolute Gasteiger partial charge is 0.324 e. The lowest BCUT2D eigenvalue weighted by Gasteiger charge is -2.13. The molecular formula is C21H19N7O2S. The summed E-state index contributed by atoms with van der Waals surface area (Å²) in [4.78, 5) is 4.55. The van der Waals surface area contributed by atoms with Crippen LogP contribution in [0.5, 0.6) is 0 Å². The molecule has 5 aromatic rings. The lowest BCUT2D eigenvalue weighted by molar-refractivity contribution is 0.607. The van der Waals surface area contributed by atoms with Gasteiger partial charge in [-0.05, 0) is 42.5 Å². The first kappa shape index (κ1) is 19.1. The van der Waals surface area contributed by atoms with Crippen molar-refractivity contribution in [3.05, 3.63) is 73.4 Å². The van der Waals surface area contributed by atoms with Crippen LogP contribution in [0.4, 0.5) is 5.69 Å². The number of anilines is 1. The van der Waals surface area contributed by atoms with Crippen LogP contribution in [-0.4, -0.2) is 43.8 Å². The molecule has 0 amide bonds. The van der Waals surface area contributed by atoms with Gasteiger partial charge >= 0.3 is 0 Å². The molecule has 0 aliphatic rings. The van der Waals surface area contributed by atoms with Crippen LogP contribution in [0, 0.1) is 0 Å². The minimum atomic E-state index is -3.42. The van der Waals surface area contributed by atoms with E-state index >= 15 is 0 Å². The van der Waals surface area contributed by atoms with Crippen LogP contribution in [-0.2, 0) is 17.1 Å². The monoisotopic (exact) mass is 433 g/mol. The Labute approximate surface area is 178 Å². The average Bonchev–Trinajstić information content (AvgIpc) is 3.46. The zero-order valence-electron chi connectivity index (χ0n) is 16.8. The Hall–Kier alpha value is -3.92. The summed E-state index contributed by atoms with van der Waals surface area (Å²) >= 11 is 0. The molecule has 5 rings (SSSR count). The normalized spacial score (nSPS) is 11.8. The van der Waals surface area contributed by atoms with Crippen molar-refractivity contribution < 1.29 is 8.42 Å². The van der Waals surface area contributed by atoms with E-state index in [1.807, 2.05) is 71.2 Å². The van der Waals surface area contributed by atoms with Gasteiger partial charge < -0.3 is 4.57 Å². The lowest BCUT2D eigenvalue weighted by atomic mass is 10.1. The van der Waals surface area contributed by atoms with Gasteiger partial charge in [0.1, 0.15) is 12.0 Å². The summed E-state index contributed by atoms with van der Waals surface area (Å²) in [7, 11) is -1.60. The van der Waals surface area contributed by atoms with Crippen molar-refractivity contribution in [3.63, 3.8) is 0 Å². The molecule has 31 heavy (non-hydrogen) atoms. The summed E-state index contributed by atoms with van der Waals surface area (Å²) in [6.07, 6.45) is 8.52. The van der Waals surface area contributed by atoms with Gasteiger partial charge in [0, 0.05) is 30.7 Å². The number of rotatable bonds is 5. The van der Waals surface area contributed by atoms with E-state index in [1.54, 1.807) is 23.1 Å². The first-order chi connectivity index (χ1) is 14.9. The van der Waals surface area contributed by atoms with Crippen molar-refractivity contribution in [1.29, 1.82) is 0 Å². The molecule has 0 spiro atoms. The van der Waals surface area contributed by atoms with Gasteiger partial charge in [0.15, 0.2) is 0 Å². The van der Waals surface area contributed by atoms with Gasteiger partial charge in [-0.2, -0.15) is 0 Å². The third kappa shape index (κ3) is 3.80. The van der Waals surface area contributed by atoms with E-state index in [4.69, 9.17) is 0 Å². The molecule has 0 aliphatic carbocycles. The number of aromatic nitrogens is 6. The molecule has 0 atom stereocenters. The molecule has 0 bridgehead atoms. The number of hydrogen-bond donors (Lipinski definition) is 1. The summed E-state index contributed by atoms with van der Waals surface area (Å²) in [5.74, 6) is 0. The molecule has 2 aromatic carbocycles. The topological polar surface area (TPSA) is 99.6 Å². The fraction of sp³-hybridized carbons (Fsp3) is 0.0952. The molecule has 3 aromatic heterocycles. The number of benzene rings is 2. The van der Waals surface area contributed by atoms with E-state index in [-0.39, 0.29) is 0 Å². The van der Waals surface area contributed by atoms with Crippen LogP contribution >= 0.6 is 0 Å². The SMILES string of the molecule is Cn1cc(-c2ccc3c(c2)ncn3-c2cc(NS(C)(=O)=O)cc(-n3cccc3)c2)nn1. The minimum Gasteiger partial charge on any atom is -0.324 e. The van der Waals surface area contributed by atoms with E-state index in [9.17, 15) is 8.42 Å². The summed E-state index contributed by atoms with van der Waals surface area (Å²) in [5, 5.41) is 8.14. The summed E-state index contributed by atoms with van der Waals surface area (Å²) in [6.45, 7) is 0. The first-order valence-corrected chi connectivity index (χ1v) is 11.4. The molecule has 0 unspecified atom stereocenters. The minimum absolute atomic E-state index is 0.474. The lowest BCUT2D eigenvalue weighted by Crippen LogP contribution is -2.10. The van der Waals surface area contributed by atoms with E-state index in [1.165, 1.54) is 0 Å². The van der Waals surface area contributed by atoms with Crippen molar-refractivity contribution in [1.82, 2.24) is 29.1 Å². The molecule has 1 N–H and O–H groups in total. The van der Waals surface area contributed by atoms with Gasteiger partial charge in [0.25, 0.3) is 0 Å². The van der Waals surface area contributed by atoms with Gasteiger partial charge in [0.05, 0.1) is 34.9 Å². The maximum Gasteiger partial charge on any atom is 0.229 e. The van der Waals surface area contributed by atoms with Crippen LogP contribution in [0.3, 0.4) is 0 Å². The van der Waals surface area contributed by atoms with E-state index in [0.29, 0.717) is 5.69 Å². The molecule has 0 fully saturated rings. The second-order valence-corrected chi connectivity index (χ2v) is 9.05. The summed E-state index contributed by atoms with van der Waals surface area (Å²) in [6, 6.07) is 15.3. The number of fused-ring (bicyclic) bond motifs is 1. The zero-order chi connectivity index (χ0) is 21.6. The molecule has 0 radical (unpaired) electrons. The Morgan fingerprint density at radius 2 is 1.77 bits per heavy atom. The Morgan fingerprint density at radius 3 is 2.48 bits per heavy atom. The fourth-order valence-electron chi connectivity index (χ4n) is 3.52. The second kappa shape index (κ2) is 7.10. The van der Waals surface area contributed by atoms with Crippen LogP contribution in [0.1, 0.15) is 0 Å². The molecule has 0 saturated heterocycles. The van der Waals surface area contributed by atoms with Crippen LogP contribution in [0.15, 0.2) is 73.4 Å². The predicted molar refractivity (Wildman–Crippen MR) is 119 cm³/mol. The van der Waals surface area contributed by atoms with Crippen molar-refractivity contribution in [2.24, 2.45) is 7.05 Å². The number of nitrogens with zero attached hydrogens (tertiary/aromatic N) is 6. The van der Waals surface area contributed by atoms with Gasteiger partial charge in [-0.25, -0.2) is 13.4 Å². The molecule has 10 heteroatoms. The Morgan fingerprint density at radius 1 is 1.00 bits per heavy atom. The van der Waals surface area contributed by atoms with Crippen molar-refractivity contribution in [3.8, 4) is 22.6 Å².